The van der Waals surface area contributed by atoms with Crippen LogP contribution in [0.4, 0.5) is 5.13 Å². The summed E-state index contributed by atoms with van der Waals surface area (Å²) in [5.41, 5.74) is 3.27. The molecule has 1 fully saturated rings. The number of nitrogens with one attached hydrogen (secondary N) is 1. The molecule has 0 radical (unpaired) electrons. The van der Waals surface area contributed by atoms with Crippen molar-refractivity contribution < 1.29 is 4.74 Å². The third-order valence-corrected chi connectivity index (χ3v) is 5.00. The number of nitrogens with zero attached hydrogens (tertiary/aromatic N) is 5. The number of aryl methyl sites for hydroxylation is 2. The molecule has 2 atom stereocenters. The zero-order valence-electron chi connectivity index (χ0n) is 12.8. The molecule has 1 aliphatic heterocycles. The van der Waals surface area contributed by atoms with E-state index < -0.39 is 0 Å². The Labute approximate surface area is 131 Å². The third-order valence-electron chi connectivity index (χ3n) is 4.14. The molecule has 0 aliphatic carbocycles. The van der Waals surface area contributed by atoms with Gasteiger partial charge in [0.15, 0.2) is 0 Å². The molecule has 0 bridgehead atoms. The fourth-order valence-electron chi connectivity index (χ4n) is 2.86. The summed E-state index contributed by atoms with van der Waals surface area (Å²) < 4.78 is 9.64. The fraction of sp³-hybridized carbons (Fsp3) is 0.500. The maximum atomic E-state index is 5.93. The van der Waals surface area contributed by atoms with Crippen LogP contribution in [-0.4, -0.2) is 37.0 Å². The van der Waals surface area contributed by atoms with Crippen LogP contribution >= 0.6 is 11.3 Å². The summed E-state index contributed by atoms with van der Waals surface area (Å²) >= 11 is 1.56. The lowest BCUT2D eigenvalue weighted by Gasteiger charge is -2.19. The molecule has 8 heteroatoms. The van der Waals surface area contributed by atoms with E-state index in [1.807, 2.05) is 35.6 Å². The number of hydrogen-bond donors (Lipinski definition) is 1. The highest BCUT2D eigenvalue weighted by molar-refractivity contribution is 7.20. The van der Waals surface area contributed by atoms with Gasteiger partial charge in [0.25, 0.3) is 0 Å². The molecule has 1 saturated heterocycles. The first-order valence-corrected chi connectivity index (χ1v) is 8.13. The Balaban J connectivity index is 1.58. The van der Waals surface area contributed by atoms with Crippen molar-refractivity contribution in [3.05, 3.63) is 29.3 Å². The molecule has 1 N–H and O–H groups in total. The number of hydrogen-bond acceptors (Lipinski definition) is 6. The maximum Gasteiger partial charge on any atom is 0.214 e. The van der Waals surface area contributed by atoms with E-state index in [0.29, 0.717) is 0 Å². The van der Waals surface area contributed by atoms with E-state index in [4.69, 9.17) is 4.74 Å². The number of imidazole rings is 1. The van der Waals surface area contributed by atoms with Gasteiger partial charge in [0.1, 0.15) is 6.10 Å². The Kier molecular flexibility index (Phi) is 3.16. The molecule has 0 saturated carbocycles. The van der Waals surface area contributed by atoms with E-state index in [2.05, 4.69) is 27.4 Å². The lowest BCUT2D eigenvalue weighted by molar-refractivity contribution is 0.107. The minimum absolute atomic E-state index is 0.0201. The van der Waals surface area contributed by atoms with Crippen LogP contribution < -0.4 is 5.32 Å². The van der Waals surface area contributed by atoms with Crippen LogP contribution in [0, 0.1) is 13.8 Å². The Bertz CT molecular complexity index is 787. The van der Waals surface area contributed by atoms with E-state index in [1.165, 1.54) is 0 Å². The lowest BCUT2D eigenvalue weighted by atomic mass is 10.0. The second kappa shape index (κ2) is 5.06. The molecule has 0 amide bonds. The Hall–Kier alpha value is -1.93. The van der Waals surface area contributed by atoms with E-state index in [1.54, 1.807) is 11.3 Å². The Morgan fingerprint density at radius 1 is 1.41 bits per heavy atom. The van der Waals surface area contributed by atoms with Crippen LogP contribution in [0.3, 0.4) is 0 Å². The Morgan fingerprint density at radius 3 is 3.00 bits per heavy atom. The van der Waals surface area contributed by atoms with E-state index in [9.17, 15) is 0 Å². The highest BCUT2D eigenvalue weighted by atomic mass is 32.1. The van der Waals surface area contributed by atoms with Crippen LogP contribution in [0.1, 0.15) is 29.5 Å². The van der Waals surface area contributed by atoms with Crippen molar-refractivity contribution in [2.24, 2.45) is 7.05 Å². The van der Waals surface area contributed by atoms with Gasteiger partial charge in [-0.1, -0.05) is 11.3 Å². The number of anilines is 1. The van der Waals surface area contributed by atoms with E-state index >= 15 is 0 Å². The van der Waals surface area contributed by atoms with Crippen molar-refractivity contribution in [1.82, 2.24) is 24.4 Å². The van der Waals surface area contributed by atoms with Crippen molar-refractivity contribution in [3.8, 4) is 0 Å². The first kappa shape index (κ1) is 13.7. The van der Waals surface area contributed by atoms with Gasteiger partial charge in [-0.2, -0.15) is 5.10 Å². The number of ether oxygens (including phenoxy) is 1. The molecule has 0 unspecified atom stereocenters. The van der Waals surface area contributed by atoms with Crippen LogP contribution in [0.25, 0.3) is 4.96 Å². The fourth-order valence-corrected chi connectivity index (χ4v) is 3.75. The van der Waals surface area contributed by atoms with Gasteiger partial charge in [0, 0.05) is 24.9 Å². The second-order valence-electron chi connectivity index (χ2n) is 5.66. The molecule has 4 heterocycles. The van der Waals surface area contributed by atoms with Crippen molar-refractivity contribution >= 4 is 21.4 Å². The molecular formula is C14H18N6OS. The van der Waals surface area contributed by atoms with Crippen molar-refractivity contribution in [2.45, 2.75) is 32.4 Å². The van der Waals surface area contributed by atoms with Gasteiger partial charge in [-0.3, -0.25) is 4.68 Å². The van der Waals surface area contributed by atoms with Crippen LogP contribution in [0.2, 0.25) is 0 Å². The van der Waals surface area contributed by atoms with Gasteiger partial charge >= 0.3 is 0 Å². The first-order chi connectivity index (χ1) is 10.6. The smallest absolute Gasteiger partial charge is 0.214 e. The number of aromatic nitrogens is 5. The molecule has 3 aromatic rings. The molecule has 0 spiro atoms. The summed E-state index contributed by atoms with van der Waals surface area (Å²) in [6, 6.07) is 0.208. The standard InChI is InChI=1S/C14H18N6OS/c1-8-7-20-14(16-8)22-13(18-20)17-11-4-5-21-12(11)10-6-15-19(3)9(10)2/h6-7,11-12H,4-5H2,1-3H3,(H,17,18)/t11-,12+/m0/s1. The molecule has 3 aromatic heterocycles. The molecule has 22 heavy (non-hydrogen) atoms. The zero-order valence-corrected chi connectivity index (χ0v) is 13.6. The number of fused-ring (bicyclic) bond motifs is 1. The van der Waals surface area contributed by atoms with Gasteiger partial charge in [-0.05, 0) is 20.3 Å². The summed E-state index contributed by atoms with van der Waals surface area (Å²) in [5.74, 6) is 0. The molecule has 1 aliphatic rings. The largest absolute Gasteiger partial charge is 0.371 e. The maximum absolute atomic E-state index is 5.93. The quantitative estimate of drug-likeness (QED) is 0.801. The van der Waals surface area contributed by atoms with E-state index in [-0.39, 0.29) is 12.1 Å². The van der Waals surface area contributed by atoms with Crippen molar-refractivity contribution in [2.75, 3.05) is 11.9 Å². The SMILES string of the molecule is Cc1cn2nc(N[C@H]3CCO[C@@H]3c3cnn(C)c3C)sc2n1. The third kappa shape index (κ3) is 2.19. The topological polar surface area (TPSA) is 69.3 Å². The van der Waals surface area contributed by atoms with Gasteiger partial charge in [0.2, 0.25) is 10.1 Å². The lowest BCUT2D eigenvalue weighted by Crippen LogP contribution is -2.23. The monoisotopic (exact) mass is 318 g/mol. The Morgan fingerprint density at radius 2 is 2.27 bits per heavy atom. The van der Waals surface area contributed by atoms with Gasteiger partial charge < -0.3 is 10.1 Å². The summed E-state index contributed by atoms with van der Waals surface area (Å²) in [6.45, 7) is 4.79. The minimum atomic E-state index is 0.0201. The first-order valence-electron chi connectivity index (χ1n) is 7.31. The van der Waals surface area contributed by atoms with Crippen LogP contribution in [0.15, 0.2) is 12.4 Å². The predicted octanol–water partition coefficient (Wildman–Crippen LogP) is 2.08. The van der Waals surface area contributed by atoms with Crippen LogP contribution in [0.5, 0.6) is 0 Å². The summed E-state index contributed by atoms with van der Waals surface area (Å²) in [5, 5.41) is 13.2. The average Bonchev–Trinajstić information content (AvgIpc) is 3.18. The van der Waals surface area contributed by atoms with Crippen molar-refractivity contribution in [1.29, 1.82) is 0 Å². The normalized spacial score (nSPS) is 21.8. The summed E-state index contributed by atoms with van der Waals surface area (Å²) in [7, 11) is 1.95. The van der Waals surface area contributed by atoms with Crippen LogP contribution in [-0.2, 0) is 11.8 Å². The van der Waals surface area contributed by atoms with Gasteiger partial charge in [-0.15, -0.1) is 5.10 Å². The molecular weight excluding hydrogens is 300 g/mol. The average molecular weight is 318 g/mol. The molecule has 116 valence electrons. The highest BCUT2D eigenvalue weighted by Gasteiger charge is 2.32. The zero-order chi connectivity index (χ0) is 15.3. The molecule has 4 rings (SSSR count). The van der Waals surface area contributed by atoms with E-state index in [0.717, 1.165) is 40.1 Å². The summed E-state index contributed by atoms with van der Waals surface area (Å²) in [4.78, 5) is 5.35. The predicted molar refractivity (Wildman–Crippen MR) is 84.3 cm³/mol. The summed E-state index contributed by atoms with van der Waals surface area (Å²) in [6.07, 6.45) is 4.81. The van der Waals surface area contributed by atoms with Gasteiger partial charge in [-0.25, -0.2) is 9.50 Å². The highest BCUT2D eigenvalue weighted by Crippen LogP contribution is 2.33. The van der Waals surface area contributed by atoms with Gasteiger partial charge in [0.05, 0.1) is 24.1 Å². The number of rotatable bonds is 3. The molecule has 0 aromatic carbocycles. The molecule has 7 nitrogen and oxygen atoms in total. The second-order valence-corrected chi connectivity index (χ2v) is 6.61. The van der Waals surface area contributed by atoms with Crippen molar-refractivity contribution in [3.63, 3.8) is 0 Å². The minimum Gasteiger partial charge on any atom is -0.371 e.